The van der Waals surface area contributed by atoms with Crippen molar-refractivity contribution < 1.29 is 8.42 Å². The zero-order valence-electron chi connectivity index (χ0n) is 17.4. The van der Waals surface area contributed by atoms with E-state index in [1.165, 1.54) is 39.8 Å². The lowest BCUT2D eigenvalue weighted by atomic mass is 9.89. The average Bonchev–Trinajstić information content (AvgIpc) is 3.31. The molecule has 2 N–H and O–H groups in total. The quantitative estimate of drug-likeness (QED) is 0.557. The minimum absolute atomic E-state index is 0.187. The van der Waals surface area contributed by atoms with Crippen LogP contribution < -0.4 is 5.32 Å². The van der Waals surface area contributed by atoms with Gasteiger partial charge < -0.3 is 10.3 Å². The van der Waals surface area contributed by atoms with Crippen molar-refractivity contribution >= 4 is 32.3 Å². The SMILES string of the molecule is CCS(=O)(=O)N1CCC(c2c[nH]c3ccc(-c4csc(CNC5CC5)c4)cc23)CC1. The van der Waals surface area contributed by atoms with Crippen LogP contribution in [0.2, 0.25) is 0 Å². The predicted molar refractivity (Wildman–Crippen MR) is 124 cm³/mol. The molecule has 0 bridgehead atoms. The highest BCUT2D eigenvalue weighted by atomic mass is 32.2. The fourth-order valence-corrected chi connectivity index (χ4v) is 6.42. The third-order valence-electron chi connectivity index (χ3n) is 6.50. The molecule has 0 atom stereocenters. The normalized spacial score (nSPS) is 19.0. The molecule has 160 valence electrons. The van der Waals surface area contributed by atoms with Crippen LogP contribution in [0.15, 0.2) is 35.8 Å². The number of H-pyrrole nitrogens is 1. The van der Waals surface area contributed by atoms with Crippen LogP contribution >= 0.6 is 11.3 Å². The summed E-state index contributed by atoms with van der Waals surface area (Å²) in [6.45, 7) is 3.93. The Morgan fingerprint density at radius 3 is 2.67 bits per heavy atom. The number of benzene rings is 1. The van der Waals surface area contributed by atoms with E-state index in [-0.39, 0.29) is 5.75 Å². The molecule has 1 aliphatic heterocycles. The largest absolute Gasteiger partial charge is 0.361 e. The van der Waals surface area contributed by atoms with Gasteiger partial charge >= 0.3 is 0 Å². The number of nitrogens with zero attached hydrogens (tertiary/aromatic N) is 1. The van der Waals surface area contributed by atoms with Gasteiger partial charge in [0, 0.05) is 47.7 Å². The van der Waals surface area contributed by atoms with Crippen LogP contribution in [0, 0.1) is 0 Å². The lowest BCUT2D eigenvalue weighted by Gasteiger charge is -2.30. The van der Waals surface area contributed by atoms with Crippen LogP contribution in [0.25, 0.3) is 22.0 Å². The van der Waals surface area contributed by atoms with Crippen LogP contribution in [-0.4, -0.2) is 42.6 Å². The highest BCUT2D eigenvalue weighted by Gasteiger charge is 2.28. The van der Waals surface area contributed by atoms with Crippen LogP contribution in [0.5, 0.6) is 0 Å². The summed E-state index contributed by atoms with van der Waals surface area (Å²) in [6.07, 6.45) is 6.52. The fourth-order valence-electron chi connectivity index (χ4n) is 4.44. The molecule has 3 aromatic rings. The highest BCUT2D eigenvalue weighted by molar-refractivity contribution is 7.89. The van der Waals surface area contributed by atoms with E-state index < -0.39 is 10.0 Å². The van der Waals surface area contributed by atoms with Crippen LogP contribution in [0.3, 0.4) is 0 Å². The van der Waals surface area contributed by atoms with Gasteiger partial charge in [-0.3, -0.25) is 0 Å². The number of sulfonamides is 1. The molecule has 1 saturated heterocycles. The number of aromatic nitrogens is 1. The fraction of sp³-hybridized carbons (Fsp3) is 0.478. The van der Waals surface area contributed by atoms with Gasteiger partial charge in [-0.15, -0.1) is 11.3 Å². The van der Waals surface area contributed by atoms with E-state index in [2.05, 4.69) is 46.1 Å². The van der Waals surface area contributed by atoms with E-state index in [4.69, 9.17) is 0 Å². The lowest BCUT2D eigenvalue weighted by Crippen LogP contribution is -2.38. The molecule has 0 amide bonds. The first-order chi connectivity index (χ1) is 14.5. The molecule has 5 rings (SSSR count). The topological polar surface area (TPSA) is 65.2 Å². The number of hydrogen-bond donors (Lipinski definition) is 2. The van der Waals surface area contributed by atoms with Gasteiger partial charge in [-0.25, -0.2) is 12.7 Å². The van der Waals surface area contributed by atoms with Gasteiger partial charge in [0.15, 0.2) is 0 Å². The van der Waals surface area contributed by atoms with Crippen LogP contribution in [0.1, 0.15) is 49.0 Å². The van der Waals surface area contributed by atoms with E-state index >= 15 is 0 Å². The zero-order valence-corrected chi connectivity index (χ0v) is 19.0. The first-order valence-electron chi connectivity index (χ1n) is 10.9. The number of rotatable bonds is 7. The molecule has 7 heteroatoms. The van der Waals surface area contributed by atoms with Gasteiger partial charge in [0.05, 0.1) is 5.75 Å². The Morgan fingerprint density at radius 1 is 1.13 bits per heavy atom. The van der Waals surface area contributed by atoms with Crippen molar-refractivity contribution in [2.24, 2.45) is 0 Å². The standard InChI is InChI=1S/C23H29N3O2S2/c1-2-30(27,28)26-9-7-16(8-10-26)22-14-25-23-6-3-17(12-21(22)23)18-11-20(29-15-18)13-24-19-4-5-19/h3,6,11-12,14-16,19,24-25H,2,4-5,7-10,13H2,1H3. The molecule has 0 unspecified atom stereocenters. The Kier molecular flexibility index (Phi) is 5.47. The number of thiophene rings is 1. The molecule has 1 saturated carbocycles. The Labute approximate surface area is 182 Å². The van der Waals surface area contributed by atoms with Crippen LogP contribution in [-0.2, 0) is 16.6 Å². The van der Waals surface area contributed by atoms with Crippen LogP contribution in [0.4, 0.5) is 0 Å². The second-order valence-electron chi connectivity index (χ2n) is 8.54. The van der Waals surface area contributed by atoms with Crippen molar-refractivity contribution in [1.29, 1.82) is 0 Å². The van der Waals surface area contributed by atoms with Crippen molar-refractivity contribution in [2.45, 2.75) is 51.1 Å². The first-order valence-corrected chi connectivity index (χ1v) is 13.4. The summed E-state index contributed by atoms with van der Waals surface area (Å²) in [5.41, 5.74) is 5.02. The van der Waals surface area contributed by atoms with Gasteiger partial charge in [-0.2, -0.15) is 0 Å². The van der Waals surface area contributed by atoms with Gasteiger partial charge in [-0.1, -0.05) is 6.07 Å². The molecule has 2 fully saturated rings. The Bertz CT molecular complexity index is 1140. The van der Waals surface area contributed by atoms with Gasteiger partial charge in [0.1, 0.15) is 0 Å². The highest BCUT2D eigenvalue weighted by Crippen LogP contribution is 2.36. The second-order valence-corrected chi connectivity index (χ2v) is 11.8. The van der Waals surface area contributed by atoms with Crippen molar-refractivity contribution in [3.63, 3.8) is 0 Å². The summed E-state index contributed by atoms with van der Waals surface area (Å²) in [5, 5.41) is 7.12. The maximum Gasteiger partial charge on any atom is 0.213 e. The maximum atomic E-state index is 12.2. The summed E-state index contributed by atoms with van der Waals surface area (Å²) in [5.74, 6) is 0.588. The van der Waals surface area contributed by atoms with Gasteiger partial charge in [-0.05, 0) is 78.8 Å². The van der Waals surface area contributed by atoms with Crippen molar-refractivity contribution in [1.82, 2.24) is 14.6 Å². The summed E-state index contributed by atoms with van der Waals surface area (Å²) in [6, 6.07) is 9.70. The third kappa shape index (κ3) is 4.08. The molecule has 2 aromatic heterocycles. The number of aromatic amines is 1. The van der Waals surface area contributed by atoms with E-state index in [1.54, 1.807) is 11.2 Å². The molecule has 30 heavy (non-hydrogen) atoms. The Hall–Kier alpha value is -1.67. The molecule has 1 aromatic carbocycles. The zero-order chi connectivity index (χ0) is 20.7. The average molecular weight is 444 g/mol. The number of nitrogens with one attached hydrogen (secondary N) is 2. The third-order valence-corrected chi connectivity index (χ3v) is 9.31. The summed E-state index contributed by atoms with van der Waals surface area (Å²) < 4.78 is 26.0. The first kappa shape index (κ1) is 20.2. The molecule has 5 nitrogen and oxygen atoms in total. The van der Waals surface area contributed by atoms with Gasteiger partial charge in [0.2, 0.25) is 10.0 Å². The smallest absolute Gasteiger partial charge is 0.213 e. The summed E-state index contributed by atoms with van der Waals surface area (Å²) in [4.78, 5) is 4.81. The summed E-state index contributed by atoms with van der Waals surface area (Å²) in [7, 11) is -3.08. The van der Waals surface area contributed by atoms with E-state index in [9.17, 15) is 8.42 Å². The monoisotopic (exact) mass is 443 g/mol. The van der Waals surface area contributed by atoms with Crippen molar-refractivity contribution in [3.05, 3.63) is 46.3 Å². The molecular formula is C23H29N3O2S2. The van der Waals surface area contributed by atoms with Gasteiger partial charge in [0.25, 0.3) is 0 Å². The molecular weight excluding hydrogens is 414 g/mol. The number of fused-ring (bicyclic) bond motifs is 1. The minimum Gasteiger partial charge on any atom is -0.361 e. The Balaban J connectivity index is 1.35. The maximum absolute atomic E-state index is 12.2. The molecule has 0 spiro atoms. The van der Waals surface area contributed by atoms with E-state index in [0.29, 0.717) is 19.0 Å². The molecule has 1 aliphatic carbocycles. The Morgan fingerprint density at radius 2 is 1.93 bits per heavy atom. The lowest BCUT2D eigenvalue weighted by molar-refractivity contribution is 0.321. The van der Waals surface area contributed by atoms with E-state index in [1.807, 2.05) is 11.3 Å². The molecule has 0 radical (unpaired) electrons. The number of piperidine rings is 1. The molecule has 2 aliphatic rings. The second kappa shape index (κ2) is 8.11. The minimum atomic E-state index is -3.08. The molecule has 3 heterocycles. The van der Waals surface area contributed by atoms with Crippen molar-refractivity contribution in [2.75, 3.05) is 18.8 Å². The number of hydrogen-bond acceptors (Lipinski definition) is 4. The van der Waals surface area contributed by atoms with Crippen molar-refractivity contribution in [3.8, 4) is 11.1 Å². The van der Waals surface area contributed by atoms with E-state index in [0.717, 1.165) is 30.9 Å². The summed E-state index contributed by atoms with van der Waals surface area (Å²) >= 11 is 1.83. The predicted octanol–water partition coefficient (Wildman–Crippen LogP) is 4.68.